The molecule has 1 unspecified atom stereocenters. The van der Waals surface area contributed by atoms with Gasteiger partial charge in [0.2, 0.25) is 5.89 Å². The first-order valence-electron chi connectivity index (χ1n) is 7.82. The van der Waals surface area contributed by atoms with Gasteiger partial charge in [-0.15, -0.1) is 0 Å². The molecule has 1 aromatic rings. The van der Waals surface area contributed by atoms with Crippen molar-refractivity contribution in [3.05, 3.63) is 17.3 Å². The quantitative estimate of drug-likeness (QED) is 0.873. The zero-order valence-electron chi connectivity index (χ0n) is 11.5. The van der Waals surface area contributed by atoms with Gasteiger partial charge in [0.05, 0.1) is 12.2 Å². The lowest BCUT2D eigenvalue weighted by Gasteiger charge is -2.43. The summed E-state index contributed by atoms with van der Waals surface area (Å²) in [6, 6.07) is 0.602. The van der Waals surface area contributed by atoms with Crippen molar-refractivity contribution in [3.8, 4) is 0 Å². The van der Waals surface area contributed by atoms with Crippen molar-refractivity contribution in [1.82, 2.24) is 15.6 Å². The van der Waals surface area contributed by atoms with Crippen LogP contribution >= 0.6 is 0 Å². The van der Waals surface area contributed by atoms with Gasteiger partial charge in [0.15, 0.2) is 0 Å². The van der Waals surface area contributed by atoms with Crippen LogP contribution in [0.5, 0.6) is 0 Å². The molecule has 19 heavy (non-hydrogen) atoms. The Morgan fingerprint density at radius 1 is 1.26 bits per heavy atom. The zero-order valence-corrected chi connectivity index (χ0v) is 11.5. The van der Waals surface area contributed by atoms with Crippen molar-refractivity contribution in [2.24, 2.45) is 0 Å². The highest BCUT2D eigenvalue weighted by Crippen LogP contribution is 2.39. The van der Waals surface area contributed by atoms with E-state index in [1.54, 1.807) is 0 Å². The third kappa shape index (κ3) is 2.01. The lowest BCUT2D eigenvalue weighted by atomic mass is 9.73. The summed E-state index contributed by atoms with van der Waals surface area (Å²) in [4.78, 5) is 4.65. The molecule has 2 N–H and O–H groups in total. The highest BCUT2D eigenvalue weighted by Gasteiger charge is 2.46. The second kappa shape index (κ2) is 4.60. The summed E-state index contributed by atoms with van der Waals surface area (Å²) in [6.45, 7) is 1.95. The first kappa shape index (κ1) is 11.9. The van der Waals surface area contributed by atoms with Crippen LogP contribution < -0.4 is 10.6 Å². The molecule has 2 aliphatic carbocycles. The number of hydrogen-bond donors (Lipinski definition) is 2. The van der Waals surface area contributed by atoms with E-state index in [9.17, 15) is 0 Å². The lowest BCUT2D eigenvalue weighted by molar-refractivity contribution is 0.168. The maximum atomic E-state index is 5.89. The van der Waals surface area contributed by atoms with Gasteiger partial charge in [0, 0.05) is 18.0 Å². The fraction of sp³-hybridized carbons (Fsp3) is 0.800. The second-order valence-corrected chi connectivity index (χ2v) is 6.34. The maximum absolute atomic E-state index is 5.89. The summed E-state index contributed by atoms with van der Waals surface area (Å²) >= 11 is 0. The van der Waals surface area contributed by atoms with Gasteiger partial charge in [-0.3, -0.25) is 0 Å². The van der Waals surface area contributed by atoms with Gasteiger partial charge in [-0.05, 0) is 51.5 Å². The van der Waals surface area contributed by atoms with Gasteiger partial charge in [0.1, 0.15) is 5.76 Å². The Morgan fingerprint density at radius 3 is 2.95 bits per heavy atom. The summed E-state index contributed by atoms with van der Waals surface area (Å²) in [5, 5.41) is 7.37. The molecular formula is C15H23N3O. The molecule has 0 aromatic carbocycles. The van der Waals surface area contributed by atoms with Gasteiger partial charge in [-0.25, -0.2) is 4.98 Å². The van der Waals surface area contributed by atoms with Gasteiger partial charge in [0.25, 0.3) is 0 Å². The summed E-state index contributed by atoms with van der Waals surface area (Å²) in [5.74, 6) is 2.04. The van der Waals surface area contributed by atoms with E-state index in [0.29, 0.717) is 11.6 Å². The Balaban J connectivity index is 1.40. The number of hydrogen-bond acceptors (Lipinski definition) is 4. The van der Waals surface area contributed by atoms with Gasteiger partial charge < -0.3 is 15.1 Å². The van der Waals surface area contributed by atoms with Crippen LogP contribution in [-0.2, 0) is 19.4 Å². The normalized spacial score (nSPS) is 28.3. The average Bonchev–Trinajstić information content (AvgIpc) is 2.99. The molecule has 104 valence electrons. The fourth-order valence-corrected chi connectivity index (χ4v) is 3.94. The number of oxazole rings is 1. The topological polar surface area (TPSA) is 50.1 Å². The Bertz CT molecular complexity index is 440. The third-order valence-corrected chi connectivity index (χ3v) is 5.21. The number of aromatic nitrogens is 1. The molecule has 0 amide bonds. The smallest absolute Gasteiger partial charge is 0.208 e. The SMILES string of the molecule is C1CCc2oc(CNC3CCNC34CCC4)nc2C1. The predicted molar refractivity (Wildman–Crippen MR) is 73.0 cm³/mol. The molecular weight excluding hydrogens is 238 g/mol. The second-order valence-electron chi connectivity index (χ2n) is 6.34. The van der Waals surface area contributed by atoms with Crippen LogP contribution in [0.1, 0.15) is 55.9 Å². The van der Waals surface area contributed by atoms with Crippen LogP contribution in [0.4, 0.5) is 0 Å². The molecule has 0 radical (unpaired) electrons. The van der Waals surface area contributed by atoms with Crippen molar-refractivity contribution >= 4 is 0 Å². The highest BCUT2D eigenvalue weighted by molar-refractivity contribution is 5.14. The molecule has 1 atom stereocenters. The summed E-state index contributed by atoms with van der Waals surface area (Å²) in [7, 11) is 0. The Kier molecular flexibility index (Phi) is 2.88. The van der Waals surface area contributed by atoms with Crippen molar-refractivity contribution in [2.45, 2.75) is 69.5 Å². The van der Waals surface area contributed by atoms with E-state index in [-0.39, 0.29) is 0 Å². The van der Waals surface area contributed by atoms with Crippen molar-refractivity contribution < 1.29 is 4.42 Å². The standard InChI is InChI=1S/C15H23N3O/c1-2-5-12-11(4-1)18-14(19-12)10-16-13-6-9-17-15(13)7-3-8-15/h13,16-17H,1-10H2. The van der Waals surface area contributed by atoms with E-state index in [2.05, 4.69) is 15.6 Å². The molecule has 2 heterocycles. The number of aryl methyl sites for hydroxylation is 2. The van der Waals surface area contributed by atoms with E-state index < -0.39 is 0 Å². The zero-order chi connectivity index (χ0) is 12.7. The third-order valence-electron chi connectivity index (χ3n) is 5.21. The average molecular weight is 261 g/mol. The molecule has 3 aliphatic rings. The van der Waals surface area contributed by atoms with E-state index in [1.807, 2.05) is 0 Å². The molecule has 1 aliphatic heterocycles. The van der Waals surface area contributed by atoms with Crippen LogP contribution in [-0.4, -0.2) is 23.1 Å². The number of nitrogens with one attached hydrogen (secondary N) is 2. The van der Waals surface area contributed by atoms with E-state index in [4.69, 9.17) is 4.42 Å². The van der Waals surface area contributed by atoms with Crippen molar-refractivity contribution in [1.29, 1.82) is 0 Å². The van der Waals surface area contributed by atoms with Crippen LogP contribution in [0.2, 0.25) is 0 Å². The number of rotatable bonds is 3. The lowest BCUT2D eigenvalue weighted by Crippen LogP contribution is -2.57. The molecule has 2 fully saturated rings. The largest absolute Gasteiger partial charge is 0.444 e. The van der Waals surface area contributed by atoms with Crippen LogP contribution in [0.15, 0.2) is 4.42 Å². The van der Waals surface area contributed by atoms with Crippen LogP contribution in [0.3, 0.4) is 0 Å². The van der Waals surface area contributed by atoms with Crippen molar-refractivity contribution in [2.75, 3.05) is 6.54 Å². The predicted octanol–water partition coefficient (Wildman–Crippen LogP) is 1.93. The first-order valence-corrected chi connectivity index (χ1v) is 7.82. The van der Waals surface area contributed by atoms with Crippen LogP contribution in [0, 0.1) is 0 Å². The number of nitrogens with zero attached hydrogens (tertiary/aromatic N) is 1. The molecule has 4 rings (SSSR count). The fourth-order valence-electron chi connectivity index (χ4n) is 3.94. The minimum atomic E-state index is 0.395. The minimum Gasteiger partial charge on any atom is -0.444 e. The minimum absolute atomic E-state index is 0.395. The monoisotopic (exact) mass is 261 g/mol. The Labute approximate surface area is 114 Å². The highest BCUT2D eigenvalue weighted by atomic mass is 16.4. The summed E-state index contributed by atoms with van der Waals surface area (Å²) in [6.07, 6.45) is 9.97. The van der Waals surface area contributed by atoms with Gasteiger partial charge in [-0.2, -0.15) is 0 Å². The maximum Gasteiger partial charge on any atom is 0.208 e. The van der Waals surface area contributed by atoms with Crippen molar-refractivity contribution in [3.63, 3.8) is 0 Å². The van der Waals surface area contributed by atoms with E-state index in [0.717, 1.165) is 37.6 Å². The molecule has 4 heteroatoms. The molecule has 0 bridgehead atoms. The van der Waals surface area contributed by atoms with Gasteiger partial charge >= 0.3 is 0 Å². The molecule has 1 saturated carbocycles. The molecule has 1 aromatic heterocycles. The number of fused-ring (bicyclic) bond motifs is 1. The molecule has 1 spiro atoms. The first-order chi connectivity index (χ1) is 9.36. The summed E-state index contributed by atoms with van der Waals surface area (Å²) in [5.41, 5.74) is 1.61. The van der Waals surface area contributed by atoms with Gasteiger partial charge in [-0.1, -0.05) is 0 Å². The van der Waals surface area contributed by atoms with E-state index in [1.165, 1.54) is 44.2 Å². The summed E-state index contributed by atoms with van der Waals surface area (Å²) < 4.78 is 5.89. The Morgan fingerprint density at radius 2 is 2.16 bits per heavy atom. The Hall–Kier alpha value is -0.870. The molecule has 1 saturated heterocycles. The molecule has 4 nitrogen and oxygen atoms in total. The van der Waals surface area contributed by atoms with Crippen LogP contribution in [0.25, 0.3) is 0 Å². The van der Waals surface area contributed by atoms with E-state index >= 15 is 0 Å².